The third kappa shape index (κ3) is 11.8. The highest BCUT2D eigenvalue weighted by Gasteiger charge is 1.98. The first-order valence-electron chi connectivity index (χ1n) is 18.3. The predicted molar refractivity (Wildman–Crippen MR) is 232 cm³/mol. The molecule has 264 valence electrons. The first-order valence-corrected chi connectivity index (χ1v) is 18.3. The summed E-state index contributed by atoms with van der Waals surface area (Å²) in [6.45, 7) is 21.3. The molecule has 0 atom stereocenters. The number of hydrogen-bond donors (Lipinski definition) is 0. The van der Waals surface area contributed by atoms with Crippen LogP contribution in [-0.4, -0.2) is 0 Å². The van der Waals surface area contributed by atoms with Crippen molar-refractivity contribution in [3.8, 4) is 0 Å². The fourth-order valence-corrected chi connectivity index (χ4v) is 6.15. The van der Waals surface area contributed by atoms with Crippen molar-refractivity contribution in [1.82, 2.24) is 0 Å². The van der Waals surface area contributed by atoms with Crippen molar-refractivity contribution < 1.29 is 0 Å². The Bertz CT molecular complexity index is 2140. The minimum atomic E-state index is 1.33. The van der Waals surface area contributed by atoms with Gasteiger partial charge in [-0.15, -0.1) is 0 Å². The van der Waals surface area contributed by atoms with E-state index in [0.717, 1.165) is 0 Å². The van der Waals surface area contributed by atoms with Gasteiger partial charge in [-0.1, -0.05) is 191 Å². The summed E-state index contributed by atoms with van der Waals surface area (Å²) >= 11 is 0. The smallest absolute Gasteiger partial charge is 0.0152 e. The molecular weight excluding hydrogens is 625 g/mol. The minimum absolute atomic E-state index is 1.33. The second kappa shape index (κ2) is 19.2. The largest absolute Gasteiger partial charge is 0.0617 e. The lowest BCUT2D eigenvalue weighted by Crippen LogP contribution is -1.80. The van der Waals surface area contributed by atoms with Crippen LogP contribution in [0.4, 0.5) is 0 Å². The Hall–Kier alpha value is -5.46. The third-order valence-corrected chi connectivity index (χ3v) is 9.26. The van der Waals surface area contributed by atoms with Crippen molar-refractivity contribution in [3.63, 3.8) is 0 Å². The van der Waals surface area contributed by atoms with Gasteiger partial charge in [0.15, 0.2) is 0 Å². The Balaban J connectivity index is 0.000000147. The van der Waals surface area contributed by atoms with Crippen LogP contribution in [0.5, 0.6) is 0 Å². The van der Waals surface area contributed by atoms with Crippen LogP contribution in [0, 0.1) is 69.2 Å². The summed E-state index contributed by atoms with van der Waals surface area (Å²) in [4.78, 5) is 0. The lowest BCUT2D eigenvalue weighted by atomic mass is 10.0. The lowest BCUT2D eigenvalue weighted by molar-refractivity contribution is 1.39. The van der Waals surface area contributed by atoms with E-state index in [1.54, 1.807) is 0 Å². The van der Waals surface area contributed by atoms with Gasteiger partial charge in [0.05, 0.1) is 0 Å². The molecule has 0 aromatic heterocycles. The van der Waals surface area contributed by atoms with Gasteiger partial charge in [-0.2, -0.15) is 0 Å². The quantitative estimate of drug-likeness (QED) is 0.150. The molecule has 0 nitrogen and oxygen atoms in total. The van der Waals surface area contributed by atoms with Gasteiger partial charge in [0.25, 0.3) is 0 Å². The highest BCUT2D eigenvalue weighted by molar-refractivity contribution is 5.89. The molecule has 8 aromatic rings. The highest BCUT2D eigenvalue weighted by atomic mass is 14.0. The first-order chi connectivity index (χ1) is 24.9. The van der Waals surface area contributed by atoms with Crippen LogP contribution in [0.25, 0.3) is 32.3 Å². The number of hydrogen-bond acceptors (Lipinski definition) is 0. The van der Waals surface area contributed by atoms with Gasteiger partial charge in [-0.3, -0.25) is 0 Å². The van der Waals surface area contributed by atoms with E-state index in [2.05, 4.69) is 227 Å². The Morgan fingerprint density at radius 2 is 0.500 bits per heavy atom. The molecule has 8 rings (SSSR count). The molecule has 52 heavy (non-hydrogen) atoms. The zero-order valence-electron chi connectivity index (χ0n) is 33.0. The summed E-state index contributed by atoms with van der Waals surface area (Å²) in [6.07, 6.45) is 0. The molecule has 8 aromatic carbocycles. The molecule has 0 aliphatic rings. The standard InChI is InChI=1S/3C12H12.2C8H10/c1-9-3-5-12-8-10(2)4-6-11(12)7-9;1-9-5-3-8-12-10(2)6-4-7-11(9)12;1-9-7-8-10(2)12-6-4-3-5-11(9)12;1-7-3-5-8(2)6-4-7;1-7-4-3-5-8(2)6-7/h3*3-8H,1-2H3;2*3-6H,1-2H3. The molecule has 0 aliphatic heterocycles. The van der Waals surface area contributed by atoms with E-state index in [1.807, 2.05) is 0 Å². The number of rotatable bonds is 0. The highest BCUT2D eigenvalue weighted by Crippen LogP contribution is 2.22. The van der Waals surface area contributed by atoms with E-state index >= 15 is 0 Å². The first kappa shape index (κ1) is 39.3. The van der Waals surface area contributed by atoms with Crippen LogP contribution < -0.4 is 0 Å². The van der Waals surface area contributed by atoms with Crippen molar-refractivity contribution in [1.29, 1.82) is 0 Å². The summed E-state index contributed by atoms with van der Waals surface area (Å²) in [5.74, 6) is 0. The summed E-state index contributed by atoms with van der Waals surface area (Å²) in [5.41, 5.74) is 13.4. The fourth-order valence-electron chi connectivity index (χ4n) is 6.15. The molecule has 0 N–H and O–H groups in total. The van der Waals surface area contributed by atoms with Crippen LogP contribution in [0.15, 0.2) is 158 Å². The molecule has 0 aliphatic carbocycles. The molecule has 0 spiro atoms. The van der Waals surface area contributed by atoms with Gasteiger partial charge < -0.3 is 0 Å². The monoisotopic (exact) mass is 680 g/mol. The van der Waals surface area contributed by atoms with Crippen molar-refractivity contribution >= 4 is 32.3 Å². The van der Waals surface area contributed by atoms with Gasteiger partial charge in [-0.05, 0) is 124 Å². The Morgan fingerprint density at radius 3 is 0.846 bits per heavy atom. The second-order valence-electron chi connectivity index (χ2n) is 14.2. The molecular formula is C52H56. The number of benzene rings is 8. The van der Waals surface area contributed by atoms with Crippen LogP contribution in [-0.2, 0) is 0 Å². The molecule has 0 saturated heterocycles. The van der Waals surface area contributed by atoms with E-state index in [1.165, 1.54) is 88.0 Å². The maximum Gasteiger partial charge on any atom is -0.0152 e. The Morgan fingerprint density at radius 1 is 0.212 bits per heavy atom. The Kier molecular flexibility index (Phi) is 14.5. The summed E-state index contributed by atoms with van der Waals surface area (Å²) in [6, 6.07) is 55.8. The minimum Gasteiger partial charge on any atom is -0.0617 e. The molecule has 0 radical (unpaired) electrons. The third-order valence-electron chi connectivity index (χ3n) is 9.26. The van der Waals surface area contributed by atoms with E-state index in [9.17, 15) is 0 Å². The van der Waals surface area contributed by atoms with Crippen LogP contribution >= 0.6 is 0 Å². The van der Waals surface area contributed by atoms with E-state index < -0.39 is 0 Å². The molecule has 0 heterocycles. The van der Waals surface area contributed by atoms with E-state index in [0.29, 0.717) is 0 Å². The molecule has 0 unspecified atom stereocenters. The summed E-state index contributed by atoms with van der Waals surface area (Å²) < 4.78 is 0. The molecule has 0 heteroatoms. The van der Waals surface area contributed by atoms with Crippen molar-refractivity contribution in [2.45, 2.75) is 69.2 Å². The normalized spacial score (nSPS) is 10.1. The van der Waals surface area contributed by atoms with Crippen molar-refractivity contribution in [3.05, 3.63) is 213 Å². The average Bonchev–Trinajstić information content (AvgIpc) is 3.13. The fraction of sp³-hybridized carbons (Fsp3) is 0.192. The lowest BCUT2D eigenvalue weighted by Gasteiger charge is -2.03. The zero-order valence-corrected chi connectivity index (χ0v) is 33.0. The predicted octanol–water partition coefficient (Wildman–Crippen LogP) is 15.0. The van der Waals surface area contributed by atoms with E-state index in [-0.39, 0.29) is 0 Å². The van der Waals surface area contributed by atoms with Gasteiger partial charge in [0.2, 0.25) is 0 Å². The van der Waals surface area contributed by atoms with Crippen molar-refractivity contribution in [2.75, 3.05) is 0 Å². The van der Waals surface area contributed by atoms with E-state index in [4.69, 9.17) is 0 Å². The van der Waals surface area contributed by atoms with Crippen LogP contribution in [0.3, 0.4) is 0 Å². The summed E-state index contributed by atoms with van der Waals surface area (Å²) in [7, 11) is 0. The maximum absolute atomic E-state index is 2.22. The van der Waals surface area contributed by atoms with Gasteiger partial charge in [-0.25, -0.2) is 0 Å². The van der Waals surface area contributed by atoms with Gasteiger partial charge in [0.1, 0.15) is 0 Å². The topological polar surface area (TPSA) is 0 Å². The molecule has 0 amide bonds. The SMILES string of the molecule is Cc1ccc(C)c2ccccc12.Cc1ccc(C)cc1.Cc1ccc2cc(C)ccc2c1.Cc1cccc(C)c1.Cc1cccc2c(C)cccc12. The zero-order chi connectivity index (χ0) is 37.6. The van der Waals surface area contributed by atoms with Gasteiger partial charge in [0, 0.05) is 0 Å². The molecule has 0 fully saturated rings. The van der Waals surface area contributed by atoms with Crippen LogP contribution in [0.1, 0.15) is 55.6 Å². The number of aryl methyl sites for hydroxylation is 10. The average molecular weight is 681 g/mol. The van der Waals surface area contributed by atoms with Gasteiger partial charge >= 0.3 is 0 Å². The van der Waals surface area contributed by atoms with Crippen molar-refractivity contribution in [2.24, 2.45) is 0 Å². The maximum atomic E-state index is 2.22. The number of fused-ring (bicyclic) bond motifs is 3. The second-order valence-corrected chi connectivity index (χ2v) is 14.2. The van der Waals surface area contributed by atoms with Crippen LogP contribution in [0.2, 0.25) is 0 Å². The molecule has 0 bridgehead atoms. The Labute approximate surface area is 313 Å². The molecule has 0 saturated carbocycles. The summed E-state index contributed by atoms with van der Waals surface area (Å²) in [5, 5.41) is 8.16.